The lowest BCUT2D eigenvalue weighted by molar-refractivity contribution is 0.170. The van der Waals surface area contributed by atoms with E-state index in [2.05, 4.69) is 113 Å². The van der Waals surface area contributed by atoms with E-state index in [0.717, 1.165) is 52.1 Å². The molecule has 4 aromatic rings. The van der Waals surface area contributed by atoms with Crippen LogP contribution in [-0.4, -0.2) is 17.4 Å². The molecule has 5 rings (SSSR count). The summed E-state index contributed by atoms with van der Waals surface area (Å²) in [6.07, 6.45) is 6.58. The van der Waals surface area contributed by atoms with Gasteiger partial charge in [-0.3, -0.25) is 4.99 Å². The fraction of sp³-hybridized carbons (Fsp3) is 0.324. The Hall–Kier alpha value is -3.65. The number of phenols is 1. The van der Waals surface area contributed by atoms with Crippen LogP contribution in [0.3, 0.4) is 0 Å². The lowest BCUT2D eigenvalue weighted by atomic mass is 9.70. The summed E-state index contributed by atoms with van der Waals surface area (Å²) in [6, 6.07) is 36.0. The maximum Gasteiger partial charge on any atom is 0.128 e. The van der Waals surface area contributed by atoms with Crippen molar-refractivity contribution in [2.75, 3.05) is 0 Å². The zero-order valence-electron chi connectivity index (χ0n) is 23.8. The molecule has 2 heteroatoms. The van der Waals surface area contributed by atoms with E-state index in [1.165, 1.54) is 12.8 Å². The summed E-state index contributed by atoms with van der Waals surface area (Å²) in [5, 5.41) is 11.9. The van der Waals surface area contributed by atoms with Gasteiger partial charge < -0.3 is 5.11 Å². The molecule has 200 valence electrons. The topological polar surface area (TPSA) is 32.6 Å². The van der Waals surface area contributed by atoms with Gasteiger partial charge in [-0.1, -0.05) is 112 Å². The standard InChI is InChI=1S/C37H41NO/c1-36(2,3)30-20-22-33(23-21-30)38-26-29-24-28(27-14-8-5-9-15-27)25-34(35(29)39)37(4,31-16-10-6-11-17-31)32-18-12-7-13-19-32/h5-19,24-26,30,33,39H,20-23H2,1-4H3. The van der Waals surface area contributed by atoms with Gasteiger partial charge in [0.2, 0.25) is 0 Å². The molecular formula is C37H41NO. The van der Waals surface area contributed by atoms with E-state index in [1.807, 2.05) is 24.4 Å². The van der Waals surface area contributed by atoms with Gasteiger partial charge in [0.1, 0.15) is 5.75 Å². The van der Waals surface area contributed by atoms with E-state index in [1.54, 1.807) is 0 Å². The highest BCUT2D eigenvalue weighted by Gasteiger charge is 2.35. The molecular weight excluding hydrogens is 474 g/mol. The average Bonchev–Trinajstić information content (AvgIpc) is 2.97. The van der Waals surface area contributed by atoms with Crippen molar-refractivity contribution >= 4 is 6.21 Å². The van der Waals surface area contributed by atoms with Crippen molar-refractivity contribution in [3.63, 3.8) is 0 Å². The van der Waals surface area contributed by atoms with Gasteiger partial charge in [-0.15, -0.1) is 0 Å². The van der Waals surface area contributed by atoms with Gasteiger partial charge in [0.15, 0.2) is 0 Å². The van der Waals surface area contributed by atoms with Gasteiger partial charge in [0.05, 0.1) is 0 Å². The summed E-state index contributed by atoms with van der Waals surface area (Å²) in [6.45, 7) is 9.28. The first kappa shape index (κ1) is 26.9. The predicted molar refractivity (Wildman–Crippen MR) is 165 cm³/mol. The van der Waals surface area contributed by atoms with E-state index < -0.39 is 5.41 Å². The molecule has 0 aromatic heterocycles. The van der Waals surface area contributed by atoms with E-state index in [4.69, 9.17) is 4.99 Å². The van der Waals surface area contributed by atoms with E-state index in [9.17, 15) is 5.11 Å². The Morgan fingerprint density at radius 1 is 0.667 bits per heavy atom. The Morgan fingerprint density at radius 3 is 1.69 bits per heavy atom. The number of hydrogen-bond donors (Lipinski definition) is 1. The maximum absolute atomic E-state index is 11.9. The normalized spacial score (nSPS) is 18.4. The quantitative estimate of drug-likeness (QED) is 0.201. The van der Waals surface area contributed by atoms with Crippen LogP contribution in [0, 0.1) is 11.3 Å². The summed E-state index contributed by atoms with van der Waals surface area (Å²) >= 11 is 0. The van der Waals surface area contributed by atoms with E-state index in [-0.39, 0.29) is 0 Å². The molecule has 0 amide bonds. The third-order valence-electron chi connectivity index (χ3n) is 8.83. The second-order valence-electron chi connectivity index (χ2n) is 12.3. The number of phenolic OH excluding ortho intramolecular Hbond substituents is 1. The van der Waals surface area contributed by atoms with E-state index >= 15 is 0 Å². The Bertz CT molecular complexity index is 1350. The SMILES string of the molecule is CC(c1ccccc1)(c1ccccc1)c1cc(-c2ccccc2)cc(C=NC2CCC(C(C)(C)C)CC2)c1O. The molecule has 0 atom stereocenters. The van der Waals surface area contributed by atoms with Crippen LogP contribution in [0.2, 0.25) is 0 Å². The van der Waals surface area contributed by atoms with Crippen molar-refractivity contribution in [2.24, 2.45) is 16.3 Å². The summed E-state index contributed by atoms with van der Waals surface area (Å²) in [5.74, 6) is 1.06. The highest BCUT2D eigenvalue weighted by Crippen LogP contribution is 2.45. The zero-order chi connectivity index (χ0) is 27.5. The minimum absolute atomic E-state index is 0.303. The molecule has 0 aliphatic heterocycles. The van der Waals surface area contributed by atoms with Gasteiger partial charge in [0, 0.05) is 28.8 Å². The Morgan fingerprint density at radius 2 is 1.18 bits per heavy atom. The van der Waals surface area contributed by atoms with Gasteiger partial charge in [-0.25, -0.2) is 0 Å². The molecule has 0 radical (unpaired) electrons. The molecule has 0 bridgehead atoms. The molecule has 2 nitrogen and oxygen atoms in total. The lowest BCUT2D eigenvalue weighted by Crippen LogP contribution is -2.27. The first-order valence-electron chi connectivity index (χ1n) is 14.3. The minimum Gasteiger partial charge on any atom is -0.507 e. The van der Waals surface area contributed by atoms with Crippen LogP contribution in [0.15, 0.2) is 108 Å². The molecule has 0 heterocycles. The fourth-order valence-electron chi connectivity index (χ4n) is 6.23. The summed E-state index contributed by atoms with van der Waals surface area (Å²) < 4.78 is 0. The monoisotopic (exact) mass is 515 g/mol. The Balaban J connectivity index is 1.61. The van der Waals surface area contributed by atoms with Crippen LogP contribution >= 0.6 is 0 Å². The largest absolute Gasteiger partial charge is 0.507 e. The second kappa shape index (κ2) is 11.2. The van der Waals surface area contributed by atoms with Crippen molar-refractivity contribution in [3.8, 4) is 16.9 Å². The molecule has 0 unspecified atom stereocenters. The van der Waals surface area contributed by atoms with Crippen LogP contribution < -0.4 is 0 Å². The molecule has 0 spiro atoms. The van der Waals surface area contributed by atoms with Crippen LogP contribution in [0.1, 0.15) is 75.6 Å². The smallest absolute Gasteiger partial charge is 0.128 e. The second-order valence-corrected chi connectivity index (χ2v) is 12.3. The first-order valence-corrected chi connectivity index (χ1v) is 14.3. The van der Waals surface area contributed by atoms with E-state index in [0.29, 0.717) is 17.2 Å². The minimum atomic E-state index is -0.551. The molecule has 1 aliphatic carbocycles. The van der Waals surface area contributed by atoms with Crippen molar-refractivity contribution in [1.82, 2.24) is 0 Å². The molecule has 1 aliphatic rings. The van der Waals surface area contributed by atoms with Gasteiger partial charge in [0.25, 0.3) is 0 Å². The number of hydrogen-bond acceptors (Lipinski definition) is 2. The molecule has 1 saturated carbocycles. The first-order chi connectivity index (χ1) is 18.8. The number of aliphatic imine (C=N–C) groups is 1. The van der Waals surface area contributed by atoms with Gasteiger partial charge >= 0.3 is 0 Å². The van der Waals surface area contributed by atoms with Crippen molar-refractivity contribution < 1.29 is 5.11 Å². The van der Waals surface area contributed by atoms with Crippen LogP contribution in [0.4, 0.5) is 0 Å². The molecule has 4 aromatic carbocycles. The van der Waals surface area contributed by atoms with Crippen LogP contribution in [0.5, 0.6) is 5.75 Å². The molecule has 39 heavy (non-hydrogen) atoms. The predicted octanol–water partition coefficient (Wildman–Crippen LogP) is 9.44. The van der Waals surface area contributed by atoms with Crippen molar-refractivity contribution in [3.05, 3.63) is 125 Å². The number of aromatic hydroxyl groups is 1. The molecule has 1 fully saturated rings. The van der Waals surface area contributed by atoms with Gasteiger partial charge in [-0.2, -0.15) is 0 Å². The third kappa shape index (κ3) is 5.71. The highest BCUT2D eigenvalue weighted by atomic mass is 16.3. The zero-order valence-corrected chi connectivity index (χ0v) is 23.8. The lowest BCUT2D eigenvalue weighted by Gasteiger charge is -2.36. The van der Waals surface area contributed by atoms with Crippen LogP contribution in [-0.2, 0) is 5.41 Å². The average molecular weight is 516 g/mol. The van der Waals surface area contributed by atoms with Crippen molar-refractivity contribution in [1.29, 1.82) is 0 Å². The number of benzene rings is 4. The molecule has 0 saturated heterocycles. The summed E-state index contributed by atoms with van der Waals surface area (Å²) in [5.41, 5.74) is 5.96. The third-order valence-corrected chi connectivity index (χ3v) is 8.83. The maximum atomic E-state index is 11.9. The summed E-state index contributed by atoms with van der Waals surface area (Å²) in [7, 11) is 0. The highest BCUT2D eigenvalue weighted by molar-refractivity contribution is 5.88. The fourth-order valence-corrected chi connectivity index (χ4v) is 6.23. The van der Waals surface area contributed by atoms with Crippen LogP contribution in [0.25, 0.3) is 11.1 Å². The Labute approximate surface area is 234 Å². The number of nitrogens with zero attached hydrogens (tertiary/aromatic N) is 1. The van der Waals surface area contributed by atoms with Crippen molar-refractivity contribution in [2.45, 2.75) is 64.8 Å². The Kier molecular flexibility index (Phi) is 7.75. The van der Waals surface area contributed by atoms with Gasteiger partial charge in [-0.05, 0) is 78.3 Å². The number of rotatable bonds is 6. The molecule has 1 N–H and O–H groups in total. The summed E-state index contributed by atoms with van der Waals surface area (Å²) in [4.78, 5) is 5.05.